The van der Waals surface area contributed by atoms with Crippen molar-refractivity contribution in [2.24, 2.45) is 0 Å². The van der Waals surface area contributed by atoms with E-state index in [1.165, 1.54) is 6.92 Å². The summed E-state index contributed by atoms with van der Waals surface area (Å²) in [4.78, 5) is 27.0. The van der Waals surface area contributed by atoms with Gasteiger partial charge < -0.3 is 4.90 Å². The van der Waals surface area contributed by atoms with E-state index >= 15 is 0 Å². The Bertz CT molecular complexity index is 256. The zero-order chi connectivity index (χ0) is 13.5. The fraction of sp³-hybridized carbons (Fsp3) is 0.846. The van der Waals surface area contributed by atoms with Crippen LogP contribution in [-0.4, -0.2) is 61.1 Å². The molecule has 1 unspecified atom stereocenters. The van der Waals surface area contributed by atoms with Crippen molar-refractivity contribution in [3.05, 3.63) is 0 Å². The second kappa shape index (κ2) is 7.56. The van der Waals surface area contributed by atoms with Crippen molar-refractivity contribution < 1.29 is 9.59 Å². The van der Waals surface area contributed by atoms with Gasteiger partial charge in [0.1, 0.15) is 0 Å². The van der Waals surface area contributed by atoms with Crippen LogP contribution in [0.15, 0.2) is 0 Å². The Hall–Kier alpha value is -0.740. The maximum atomic E-state index is 11.8. The second-order valence-corrected chi connectivity index (χ2v) is 4.68. The predicted molar refractivity (Wildman–Crippen MR) is 69.8 cm³/mol. The lowest BCUT2D eigenvalue weighted by Gasteiger charge is -2.37. The molecule has 0 aliphatic carbocycles. The van der Waals surface area contributed by atoms with Crippen LogP contribution in [0.2, 0.25) is 0 Å². The Morgan fingerprint density at radius 1 is 1.18 bits per heavy atom. The fourth-order valence-electron chi connectivity index (χ4n) is 2.06. The average molecular weight is 241 g/mol. The van der Waals surface area contributed by atoms with Gasteiger partial charge in [0.05, 0.1) is 0 Å². The molecule has 4 nitrogen and oxygen atoms in total. The van der Waals surface area contributed by atoms with Gasteiger partial charge in [-0.3, -0.25) is 14.5 Å². The van der Waals surface area contributed by atoms with Crippen LogP contribution in [0.5, 0.6) is 0 Å². The molecular weight excluding hydrogens is 216 g/mol. The molecule has 1 radical (unpaired) electrons. The molecular formula is C13H25N2O2. The van der Waals surface area contributed by atoms with E-state index in [0.29, 0.717) is 6.54 Å². The van der Waals surface area contributed by atoms with Crippen molar-refractivity contribution >= 4 is 12.1 Å². The highest BCUT2D eigenvalue weighted by molar-refractivity contribution is 6.02. The third kappa shape index (κ3) is 4.21. The van der Waals surface area contributed by atoms with E-state index in [2.05, 4.69) is 6.92 Å². The summed E-state index contributed by atoms with van der Waals surface area (Å²) in [5.41, 5.74) is -1.11. The molecule has 0 aromatic heterocycles. The molecule has 0 amide bonds. The maximum absolute atomic E-state index is 11.8. The largest absolute Gasteiger partial charge is 0.304 e. The molecule has 0 aliphatic rings. The van der Waals surface area contributed by atoms with Gasteiger partial charge in [0, 0.05) is 6.54 Å². The molecule has 0 aliphatic heterocycles. The lowest BCUT2D eigenvalue weighted by molar-refractivity contribution is -0.125. The van der Waals surface area contributed by atoms with E-state index in [-0.39, 0.29) is 5.78 Å². The summed E-state index contributed by atoms with van der Waals surface area (Å²) in [6.45, 7) is 7.58. The number of hydrogen-bond donors (Lipinski definition) is 0. The highest BCUT2D eigenvalue weighted by Crippen LogP contribution is 2.15. The Balaban J connectivity index is 4.94. The summed E-state index contributed by atoms with van der Waals surface area (Å²) in [7, 11) is 3.74. The maximum Gasteiger partial charge on any atom is 0.230 e. The highest BCUT2D eigenvalue weighted by atomic mass is 16.1. The van der Waals surface area contributed by atoms with Crippen LogP contribution in [0, 0.1) is 0 Å². The SMILES string of the molecule is CCCN(C)CC([C]=O)(C(C)=O)N(C)CCC. The molecule has 4 heteroatoms. The van der Waals surface area contributed by atoms with Gasteiger partial charge >= 0.3 is 0 Å². The summed E-state index contributed by atoms with van der Waals surface area (Å²) < 4.78 is 0. The molecule has 0 bridgehead atoms. The van der Waals surface area contributed by atoms with Crippen LogP contribution in [0.1, 0.15) is 33.6 Å². The van der Waals surface area contributed by atoms with Gasteiger partial charge in [-0.15, -0.1) is 0 Å². The van der Waals surface area contributed by atoms with E-state index < -0.39 is 5.54 Å². The molecule has 0 saturated heterocycles. The van der Waals surface area contributed by atoms with Gasteiger partial charge in [-0.25, -0.2) is 0 Å². The molecule has 0 saturated carbocycles. The third-order valence-corrected chi connectivity index (χ3v) is 3.07. The van der Waals surface area contributed by atoms with E-state index in [9.17, 15) is 9.59 Å². The monoisotopic (exact) mass is 241 g/mol. The fourth-order valence-corrected chi connectivity index (χ4v) is 2.06. The smallest absolute Gasteiger partial charge is 0.230 e. The molecule has 99 valence electrons. The minimum atomic E-state index is -1.11. The van der Waals surface area contributed by atoms with E-state index in [1.54, 1.807) is 0 Å². The number of hydrogen-bond acceptors (Lipinski definition) is 4. The van der Waals surface area contributed by atoms with Crippen molar-refractivity contribution in [2.45, 2.75) is 39.2 Å². The van der Waals surface area contributed by atoms with Gasteiger partial charge in [-0.1, -0.05) is 13.8 Å². The van der Waals surface area contributed by atoms with Gasteiger partial charge in [0.2, 0.25) is 6.29 Å². The first-order chi connectivity index (χ1) is 7.94. The van der Waals surface area contributed by atoms with Crippen LogP contribution >= 0.6 is 0 Å². The lowest BCUT2D eigenvalue weighted by Crippen LogP contribution is -2.59. The van der Waals surface area contributed by atoms with Crippen LogP contribution in [0.25, 0.3) is 0 Å². The Labute approximate surface area is 105 Å². The number of rotatable bonds is 9. The van der Waals surface area contributed by atoms with Gasteiger partial charge in [0.15, 0.2) is 11.3 Å². The first-order valence-electron chi connectivity index (χ1n) is 6.24. The zero-order valence-electron chi connectivity index (χ0n) is 11.7. The molecule has 0 fully saturated rings. The molecule has 0 N–H and O–H groups in total. The summed E-state index contributed by atoms with van der Waals surface area (Å²) >= 11 is 0. The van der Waals surface area contributed by atoms with Crippen molar-refractivity contribution in [1.29, 1.82) is 0 Å². The van der Waals surface area contributed by atoms with Crippen molar-refractivity contribution in [3.8, 4) is 0 Å². The Kier molecular flexibility index (Phi) is 7.23. The van der Waals surface area contributed by atoms with Gasteiger partial charge in [-0.2, -0.15) is 0 Å². The molecule has 0 aromatic rings. The van der Waals surface area contributed by atoms with Crippen LogP contribution < -0.4 is 0 Å². The summed E-state index contributed by atoms with van der Waals surface area (Å²) in [6, 6.07) is 0. The molecule has 0 spiro atoms. The Morgan fingerprint density at radius 3 is 2.06 bits per heavy atom. The van der Waals surface area contributed by atoms with Crippen LogP contribution in [0.3, 0.4) is 0 Å². The molecule has 0 aromatic carbocycles. The summed E-state index contributed by atoms with van der Waals surface area (Å²) in [5, 5.41) is 0. The predicted octanol–water partition coefficient (Wildman–Crippen LogP) is 1.11. The van der Waals surface area contributed by atoms with Gasteiger partial charge in [0.25, 0.3) is 0 Å². The second-order valence-electron chi connectivity index (χ2n) is 4.68. The van der Waals surface area contributed by atoms with Crippen LogP contribution in [0.4, 0.5) is 0 Å². The van der Waals surface area contributed by atoms with E-state index in [4.69, 9.17) is 0 Å². The molecule has 0 heterocycles. The molecule has 1 atom stereocenters. The van der Waals surface area contributed by atoms with Crippen LogP contribution in [-0.2, 0) is 9.59 Å². The van der Waals surface area contributed by atoms with Crippen molar-refractivity contribution in [1.82, 2.24) is 9.80 Å². The number of carbonyl (C=O) groups is 1. The van der Waals surface area contributed by atoms with E-state index in [0.717, 1.165) is 25.9 Å². The average Bonchev–Trinajstić information content (AvgIpc) is 2.26. The minimum Gasteiger partial charge on any atom is -0.304 e. The lowest BCUT2D eigenvalue weighted by atomic mass is 9.93. The highest BCUT2D eigenvalue weighted by Gasteiger charge is 2.41. The van der Waals surface area contributed by atoms with Gasteiger partial charge in [-0.05, 0) is 47.0 Å². The summed E-state index contributed by atoms with van der Waals surface area (Å²) in [6.07, 6.45) is 3.88. The van der Waals surface area contributed by atoms with Crippen molar-refractivity contribution in [2.75, 3.05) is 33.7 Å². The standard InChI is InChI=1S/C13H25N2O2/c1-6-8-14(4)10-13(11-16,12(3)17)15(5)9-7-2/h6-10H2,1-5H3. The topological polar surface area (TPSA) is 40.6 Å². The van der Waals surface area contributed by atoms with E-state index in [1.807, 2.05) is 37.1 Å². The zero-order valence-corrected chi connectivity index (χ0v) is 11.7. The quantitative estimate of drug-likeness (QED) is 0.567. The molecule has 0 rings (SSSR count). The minimum absolute atomic E-state index is 0.133. The normalized spacial score (nSPS) is 15.0. The molecule has 17 heavy (non-hydrogen) atoms. The first-order valence-corrected chi connectivity index (χ1v) is 6.24. The summed E-state index contributed by atoms with van der Waals surface area (Å²) in [5.74, 6) is -0.133. The van der Waals surface area contributed by atoms with Crippen molar-refractivity contribution in [3.63, 3.8) is 0 Å². The number of Topliss-reactive ketones (excluding diaryl/α,β-unsaturated/α-hetero) is 1. The first kappa shape index (κ1) is 16.3. The Morgan fingerprint density at radius 2 is 1.71 bits per heavy atom. The third-order valence-electron chi connectivity index (χ3n) is 3.07. The number of likely N-dealkylation sites (N-methyl/N-ethyl adjacent to an activating group) is 2. The number of nitrogens with zero attached hydrogens (tertiary/aromatic N) is 2. The number of ketones is 1. The number of carbonyl (C=O) groups excluding carboxylic acids is 2.